The van der Waals surface area contributed by atoms with E-state index < -0.39 is 10.0 Å². The van der Waals surface area contributed by atoms with Gasteiger partial charge in [0.15, 0.2) is 0 Å². The molecule has 100 valence electrons. The third kappa shape index (κ3) is 2.96. The first kappa shape index (κ1) is 13.6. The molecular formula is C15H17NO2S. The molecule has 0 aliphatic rings. The summed E-state index contributed by atoms with van der Waals surface area (Å²) in [4.78, 5) is 0.303. The van der Waals surface area contributed by atoms with Crippen molar-refractivity contribution in [2.75, 3.05) is 0 Å². The van der Waals surface area contributed by atoms with Gasteiger partial charge in [-0.05, 0) is 44.5 Å². The Morgan fingerprint density at radius 2 is 1.74 bits per heavy atom. The maximum Gasteiger partial charge on any atom is 0.267 e. The van der Waals surface area contributed by atoms with Gasteiger partial charge in [0.2, 0.25) is 0 Å². The molecule has 0 bridgehead atoms. The first-order valence-electron chi connectivity index (χ1n) is 6.05. The summed E-state index contributed by atoms with van der Waals surface area (Å²) in [5, 5.41) is 0. The predicted molar refractivity (Wildman–Crippen MR) is 77.5 cm³/mol. The number of allylic oxidation sites excluding steroid dienone is 1. The largest absolute Gasteiger partial charge is 0.267 e. The molecule has 3 nitrogen and oxygen atoms in total. The Hall–Kier alpha value is -1.81. The molecule has 0 radical (unpaired) electrons. The van der Waals surface area contributed by atoms with Gasteiger partial charge in [0.05, 0.1) is 4.90 Å². The Bertz CT molecular complexity index is 703. The van der Waals surface area contributed by atoms with Crippen molar-refractivity contribution >= 4 is 16.1 Å². The van der Waals surface area contributed by atoms with Crippen LogP contribution >= 0.6 is 0 Å². The normalized spacial score (nSPS) is 11.3. The minimum atomic E-state index is -3.48. The molecular weight excluding hydrogens is 258 g/mol. The van der Waals surface area contributed by atoms with Crippen LogP contribution in [0.2, 0.25) is 0 Å². The second-order valence-electron chi connectivity index (χ2n) is 4.81. The molecule has 2 rings (SSSR count). The van der Waals surface area contributed by atoms with Crippen LogP contribution in [0, 0.1) is 6.92 Å². The summed E-state index contributed by atoms with van der Waals surface area (Å²) in [7, 11) is -3.48. The summed E-state index contributed by atoms with van der Waals surface area (Å²) < 4.78 is 26.0. The first-order chi connectivity index (χ1) is 8.89. The lowest BCUT2D eigenvalue weighted by atomic mass is 10.2. The maximum absolute atomic E-state index is 12.4. The predicted octanol–water partition coefficient (Wildman–Crippen LogP) is 3.46. The number of aryl methyl sites for hydroxylation is 1. The SMILES string of the molecule is CC(C)=Cc1ccn(S(=O)(=O)c2ccc(C)cc2)c1. The molecule has 1 aromatic carbocycles. The van der Waals surface area contributed by atoms with Crippen LogP contribution in [-0.2, 0) is 10.0 Å². The van der Waals surface area contributed by atoms with Crippen LogP contribution in [-0.4, -0.2) is 12.4 Å². The third-order valence-electron chi connectivity index (χ3n) is 2.74. The minimum absolute atomic E-state index is 0.303. The van der Waals surface area contributed by atoms with Crippen LogP contribution in [0.1, 0.15) is 25.0 Å². The molecule has 1 aromatic heterocycles. The van der Waals surface area contributed by atoms with Gasteiger partial charge in [0, 0.05) is 12.4 Å². The van der Waals surface area contributed by atoms with E-state index in [0.29, 0.717) is 4.90 Å². The highest BCUT2D eigenvalue weighted by molar-refractivity contribution is 7.90. The monoisotopic (exact) mass is 275 g/mol. The zero-order chi connectivity index (χ0) is 14.0. The molecule has 0 unspecified atom stereocenters. The first-order valence-corrected chi connectivity index (χ1v) is 7.49. The second-order valence-corrected chi connectivity index (χ2v) is 6.66. The average Bonchev–Trinajstić information content (AvgIpc) is 2.78. The molecule has 0 fully saturated rings. The number of benzene rings is 1. The van der Waals surface area contributed by atoms with Crippen LogP contribution in [0.15, 0.2) is 53.2 Å². The number of aromatic nitrogens is 1. The van der Waals surface area contributed by atoms with Gasteiger partial charge in [-0.15, -0.1) is 0 Å². The smallest absolute Gasteiger partial charge is 0.248 e. The third-order valence-corrected chi connectivity index (χ3v) is 4.39. The van der Waals surface area contributed by atoms with E-state index >= 15 is 0 Å². The number of nitrogens with zero attached hydrogens (tertiary/aromatic N) is 1. The van der Waals surface area contributed by atoms with Crippen LogP contribution in [0.25, 0.3) is 6.08 Å². The van der Waals surface area contributed by atoms with E-state index in [1.807, 2.05) is 26.8 Å². The quantitative estimate of drug-likeness (QED) is 0.860. The van der Waals surface area contributed by atoms with Crippen molar-refractivity contribution in [1.29, 1.82) is 0 Å². The van der Waals surface area contributed by atoms with Gasteiger partial charge in [-0.25, -0.2) is 12.4 Å². The average molecular weight is 275 g/mol. The molecule has 4 heteroatoms. The molecule has 0 saturated carbocycles. The van der Waals surface area contributed by atoms with Crippen LogP contribution < -0.4 is 0 Å². The Kier molecular flexibility index (Phi) is 3.62. The van der Waals surface area contributed by atoms with Gasteiger partial charge in [-0.1, -0.05) is 29.3 Å². The molecule has 2 aromatic rings. The van der Waals surface area contributed by atoms with Gasteiger partial charge in [0.1, 0.15) is 0 Å². The van der Waals surface area contributed by atoms with Crippen molar-refractivity contribution in [3.63, 3.8) is 0 Å². The number of hydrogen-bond donors (Lipinski definition) is 0. The number of hydrogen-bond acceptors (Lipinski definition) is 2. The molecule has 0 aliphatic carbocycles. The fourth-order valence-electron chi connectivity index (χ4n) is 1.79. The molecule has 0 spiro atoms. The van der Waals surface area contributed by atoms with E-state index in [9.17, 15) is 8.42 Å². The highest BCUT2D eigenvalue weighted by Crippen LogP contribution is 2.17. The summed E-state index contributed by atoms with van der Waals surface area (Å²) in [5.41, 5.74) is 3.05. The van der Waals surface area contributed by atoms with Gasteiger partial charge >= 0.3 is 0 Å². The lowest BCUT2D eigenvalue weighted by Gasteiger charge is -2.05. The standard InChI is InChI=1S/C15H17NO2S/c1-12(2)10-14-8-9-16(11-14)19(17,18)15-6-4-13(3)5-7-15/h4-11H,1-3H3. The fraction of sp³-hybridized carbons (Fsp3) is 0.200. The Balaban J connectivity index is 2.42. The molecule has 0 amide bonds. The van der Waals surface area contributed by atoms with Gasteiger partial charge < -0.3 is 0 Å². The Morgan fingerprint density at radius 3 is 2.32 bits per heavy atom. The zero-order valence-electron chi connectivity index (χ0n) is 11.3. The molecule has 19 heavy (non-hydrogen) atoms. The van der Waals surface area contributed by atoms with Crippen LogP contribution in [0.4, 0.5) is 0 Å². The van der Waals surface area contributed by atoms with Crippen molar-refractivity contribution in [2.45, 2.75) is 25.7 Å². The van der Waals surface area contributed by atoms with Crippen LogP contribution in [0.3, 0.4) is 0 Å². The summed E-state index contributed by atoms with van der Waals surface area (Å²) >= 11 is 0. The molecule has 0 atom stereocenters. The van der Waals surface area contributed by atoms with Gasteiger partial charge in [-0.2, -0.15) is 0 Å². The van der Waals surface area contributed by atoms with E-state index in [4.69, 9.17) is 0 Å². The molecule has 0 aliphatic heterocycles. The summed E-state index contributed by atoms with van der Waals surface area (Å²) in [6.45, 7) is 5.89. The van der Waals surface area contributed by atoms with Crippen molar-refractivity contribution in [2.24, 2.45) is 0 Å². The highest BCUT2D eigenvalue weighted by atomic mass is 32.2. The van der Waals surface area contributed by atoms with Crippen LogP contribution in [0.5, 0.6) is 0 Å². The molecule has 0 N–H and O–H groups in total. The number of rotatable bonds is 3. The van der Waals surface area contributed by atoms with Crippen molar-refractivity contribution < 1.29 is 8.42 Å². The maximum atomic E-state index is 12.4. The Labute approximate surface area is 114 Å². The summed E-state index contributed by atoms with van der Waals surface area (Å²) in [6.07, 6.45) is 5.15. The van der Waals surface area contributed by atoms with E-state index in [1.54, 1.807) is 42.7 Å². The highest BCUT2D eigenvalue weighted by Gasteiger charge is 2.15. The Morgan fingerprint density at radius 1 is 1.11 bits per heavy atom. The van der Waals surface area contributed by atoms with Crippen molar-refractivity contribution in [3.05, 3.63) is 59.4 Å². The van der Waals surface area contributed by atoms with Crippen molar-refractivity contribution in [1.82, 2.24) is 3.97 Å². The fourth-order valence-corrected chi connectivity index (χ4v) is 3.00. The lowest BCUT2D eigenvalue weighted by Crippen LogP contribution is -2.10. The lowest BCUT2D eigenvalue weighted by molar-refractivity contribution is 0.587. The van der Waals surface area contributed by atoms with E-state index in [-0.39, 0.29) is 0 Å². The van der Waals surface area contributed by atoms with E-state index in [0.717, 1.165) is 16.7 Å². The van der Waals surface area contributed by atoms with Gasteiger partial charge in [0.25, 0.3) is 10.0 Å². The van der Waals surface area contributed by atoms with E-state index in [1.165, 1.54) is 3.97 Å². The topological polar surface area (TPSA) is 39.1 Å². The summed E-state index contributed by atoms with van der Waals surface area (Å²) in [6, 6.07) is 8.65. The molecule has 1 heterocycles. The summed E-state index contributed by atoms with van der Waals surface area (Å²) in [5.74, 6) is 0. The van der Waals surface area contributed by atoms with E-state index in [2.05, 4.69) is 0 Å². The van der Waals surface area contributed by atoms with Gasteiger partial charge in [-0.3, -0.25) is 0 Å². The van der Waals surface area contributed by atoms with Crippen molar-refractivity contribution in [3.8, 4) is 0 Å². The zero-order valence-corrected chi connectivity index (χ0v) is 12.1. The second kappa shape index (κ2) is 5.05. The minimum Gasteiger partial charge on any atom is -0.248 e. The molecule has 0 saturated heterocycles.